The molecule has 0 aromatic heterocycles. The van der Waals surface area contributed by atoms with E-state index in [0.29, 0.717) is 6.42 Å². The zero-order valence-corrected chi connectivity index (χ0v) is 16.7. The Morgan fingerprint density at radius 2 is 1.40 bits per heavy atom. The second-order valence-electron chi connectivity index (χ2n) is 8.76. The summed E-state index contributed by atoms with van der Waals surface area (Å²) in [5.74, 6) is -41.3. The highest BCUT2D eigenvalue weighted by Crippen LogP contribution is 2.65. The lowest BCUT2D eigenvalue weighted by molar-refractivity contribution is -0.445. The zero-order valence-electron chi connectivity index (χ0n) is 16.7. The van der Waals surface area contributed by atoms with Crippen LogP contribution in [0.25, 0.3) is 0 Å². The van der Waals surface area contributed by atoms with Crippen molar-refractivity contribution >= 4 is 5.97 Å². The van der Waals surface area contributed by atoms with Crippen LogP contribution in [-0.4, -0.2) is 65.1 Å². The molecule has 4 nitrogen and oxygen atoms in total. The third-order valence-corrected chi connectivity index (χ3v) is 6.77. The van der Waals surface area contributed by atoms with Crippen molar-refractivity contribution in [2.75, 3.05) is 6.61 Å². The summed E-state index contributed by atoms with van der Waals surface area (Å²) in [5.41, 5.74) is -6.12. The van der Waals surface area contributed by atoms with Crippen LogP contribution >= 0.6 is 0 Å². The monoisotopic (exact) mass is 548 g/mol. The SMILES string of the molecule is O=C(OC1(C(F)(F)C(F)(F)C(F)(F)C(F)(F)F)COC(O)(C(F)(F)F)C1(F)F)C1CC2CCC1C2. The van der Waals surface area contributed by atoms with Crippen LogP contribution in [0.5, 0.6) is 0 Å². The van der Waals surface area contributed by atoms with Crippen molar-refractivity contribution in [3.8, 4) is 0 Å². The van der Waals surface area contributed by atoms with Crippen molar-refractivity contribution in [2.24, 2.45) is 17.8 Å². The number of hydrogen-bond donors (Lipinski definition) is 1. The van der Waals surface area contributed by atoms with Crippen LogP contribution in [0, 0.1) is 17.8 Å². The summed E-state index contributed by atoms with van der Waals surface area (Å²) in [7, 11) is 0. The highest BCUT2D eigenvalue weighted by molar-refractivity contribution is 5.74. The summed E-state index contributed by atoms with van der Waals surface area (Å²) in [5, 5.41) is 9.29. The van der Waals surface area contributed by atoms with E-state index in [1.165, 1.54) is 0 Å². The van der Waals surface area contributed by atoms with Crippen LogP contribution in [0.3, 0.4) is 0 Å². The van der Waals surface area contributed by atoms with Crippen LogP contribution < -0.4 is 0 Å². The van der Waals surface area contributed by atoms with Gasteiger partial charge >= 0.3 is 47.8 Å². The van der Waals surface area contributed by atoms with Crippen molar-refractivity contribution in [1.29, 1.82) is 0 Å². The minimum atomic E-state index is -7.92. The van der Waals surface area contributed by atoms with E-state index in [1.807, 2.05) is 0 Å². The fourth-order valence-electron chi connectivity index (χ4n) is 4.78. The summed E-state index contributed by atoms with van der Waals surface area (Å²) in [6.07, 6.45) is -13.8. The molecule has 1 saturated heterocycles. The van der Waals surface area contributed by atoms with E-state index >= 15 is 0 Å². The molecule has 204 valence electrons. The molecule has 0 aromatic carbocycles. The molecule has 18 heteroatoms. The Morgan fingerprint density at radius 3 is 1.77 bits per heavy atom. The average molecular weight is 548 g/mol. The maximum atomic E-state index is 14.8. The Labute approximate surface area is 185 Å². The molecule has 35 heavy (non-hydrogen) atoms. The van der Waals surface area contributed by atoms with E-state index < -0.39 is 71.8 Å². The molecule has 2 saturated carbocycles. The predicted octanol–water partition coefficient (Wildman–Crippen LogP) is 5.09. The van der Waals surface area contributed by atoms with E-state index in [4.69, 9.17) is 0 Å². The lowest BCUT2D eigenvalue weighted by Gasteiger charge is -2.45. The van der Waals surface area contributed by atoms with E-state index in [0.717, 1.165) is 0 Å². The Morgan fingerprint density at radius 1 is 0.857 bits per heavy atom. The second kappa shape index (κ2) is 7.47. The molecule has 1 heterocycles. The van der Waals surface area contributed by atoms with Gasteiger partial charge in [0.25, 0.3) is 5.60 Å². The Hall–Kier alpha value is -1.59. The third kappa shape index (κ3) is 3.36. The minimum Gasteiger partial charge on any atom is -0.443 e. The van der Waals surface area contributed by atoms with Gasteiger partial charge in [-0.25, -0.2) is 0 Å². The molecule has 0 spiro atoms. The zero-order chi connectivity index (χ0) is 27.3. The van der Waals surface area contributed by atoms with Crippen LogP contribution in [0.4, 0.5) is 61.5 Å². The minimum absolute atomic E-state index is 0.162. The molecule has 0 amide bonds. The van der Waals surface area contributed by atoms with Crippen LogP contribution in [-0.2, 0) is 14.3 Å². The van der Waals surface area contributed by atoms with Gasteiger partial charge in [0.2, 0.25) is 0 Å². The summed E-state index contributed by atoms with van der Waals surface area (Å²) in [6.45, 7) is -3.21. The first-order valence-corrected chi connectivity index (χ1v) is 9.65. The van der Waals surface area contributed by atoms with Crippen LogP contribution in [0.1, 0.15) is 25.7 Å². The molecule has 1 N–H and O–H groups in total. The molecule has 5 atom stereocenters. The number of aliphatic hydroxyl groups is 1. The number of ether oxygens (including phenoxy) is 2. The van der Waals surface area contributed by atoms with E-state index in [1.54, 1.807) is 0 Å². The number of carbonyl (C=O) groups excluding carboxylic acids is 1. The Balaban J connectivity index is 2.18. The van der Waals surface area contributed by atoms with Gasteiger partial charge in [-0.3, -0.25) is 4.79 Å². The smallest absolute Gasteiger partial charge is 0.443 e. The van der Waals surface area contributed by atoms with Crippen LogP contribution in [0.2, 0.25) is 0 Å². The lowest BCUT2D eigenvalue weighted by Crippen LogP contribution is -2.77. The third-order valence-electron chi connectivity index (χ3n) is 6.77. The van der Waals surface area contributed by atoms with E-state index in [2.05, 4.69) is 9.47 Å². The first-order valence-electron chi connectivity index (χ1n) is 9.65. The van der Waals surface area contributed by atoms with Crippen molar-refractivity contribution < 1.29 is 80.8 Å². The average Bonchev–Trinajstić information content (AvgIpc) is 3.36. The number of alkyl halides is 14. The molecule has 0 radical (unpaired) electrons. The molecule has 5 unspecified atom stereocenters. The maximum Gasteiger partial charge on any atom is 0.460 e. The fraction of sp³-hybridized carbons (Fsp3) is 0.941. The first-order chi connectivity index (χ1) is 15.4. The molecule has 3 fully saturated rings. The fourth-order valence-corrected chi connectivity index (χ4v) is 4.78. The van der Waals surface area contributed by atoms with Gasteiger partial charge in [0.1, 0.15) is 6.61 Å². The van der Waals surface area contributed by atoms with E-state index in [9.17, 15) is 71.4 Å². The van der Waals surface area contributed by atoms with Gasteiger partial charge in [0, 0.05) is 0 Å². The topological polar surface area (TPSA) is 55.8 Å². The van der Waals surface area contributed by atoms with Gasteiger partial charge in [0.15, 0.2) is 0 Å². The Kier molecular flexibility index (Phi) is 5.98. The maximum absolute atomic E-state index is 14.8. The molecule has 2 bridgehead atoms. The quantitative estimate of drug-likeness (QED) is 0.385. The molecule has 3 rings (SSSR count). The number of carbonyl (C=O) groups is 1. The van der Waals surface area contributed by atoms with Gasteiger partial charge in [-0.1, -0.05) is 6.42 Å². The van der Waals surface area contributed by atoms with Crippen molar-refractivity contribution in [2.45, 2.75) is 73.1 Å². The number of halogens is 14. The van der Waals surface area contributed by atoms with Crippen molar-refractivity contribution in [1.82, 2.24) is 0 Å². The molecular formula is C17H14F14O4. The summed E-state index contributed by atoms with van der Waals surface area (Å²) >= 11 is 0. The van der Waals surface area contributed by atoms with Gasteiger partial charge < -0.3 is 14.6 Å². The summed E-state index contributed by atoms with van der Waals surface area (Å²) in [6, 6.07) is 0. The van der Waals surface area contributed by atoms with Gasteiger partial charge in [-0.2, -0.15) is 61.5 Å². The van der Waals surface area contributed by atoms with Crippen molar-refractivity contribution in [3.63, 3.8) is 0 Å². The van der Waals surface area contributed by atoms with Crippen molar-refractivity contribution in [3.05, 3.63) is 0 Å². The number of fused-ring (bicyclic) bond motifs is 2. The molecule has 0 aromatic rings. The Bertz CT molecular complexity index is 868. The van der Waals surface area contributed by atoms with Crippen LogP contribution in [0.15, 0.2) is 0 Å². The second-order valence-corrected chi connectivity index (χ2v) is 8.76. The standard InChI is InChI=1S/C17H14F14O4/c18-11(19,13(22,23)14(24,25)16(26,27)28)10(5-34-15(33,12(10,20)21)17(29,30)31)35-9(32)8-4-6-1-2-7(8)3-6/h6-8,33H,1-5H2. The lowest BCUT2D eigenvalue weighted by atomic mass is 9.80. The summed E-state index contributed by atoms with van der Waals surface area (Å²) < 4.78 is 198. The molecule has 3 aliphatic rings. The van der Waals surface area contributed by atoms with Gasteiger partial charge in [-0.05, 0) is 31.1 Å². The first kappa shape index (κ1) is 28.0. The molecule has 1 aliphatic heterocycles. The normalized spacial score (nSPS) is 36.0. The summed E-state index contributed by atoms with van der Waals surface area (Å²) in [4.78, 5) is 12.4. The molecular weight excluding hydrogens is 534 g/mol. The predicted molar refractivity (Wildman–Crippen MR) is 80.6 cm³/mol. The molecule has 2 aliphatic carbocycles. The number of esters is 1. The number of hydrogen-bond acceptors (Lipinski definition) is 4. The van der Waals surface area contributed by atoms with E-state index in [-0.39, 0.29) is 25.2 Å². The highest BCUT2D eigenvalue weighted by Gasteiger charge is 2.97. The largest absolute Gasteiger partial charge is 0.460 e. The van der Waals surface area contributed by atoms with Gasteiger partial charge in [0.05, 0.1) is 5.92 Å². The number of rotatable bonds is 5. The highest BCUT2D eigenvalue weighted by atomic mass is 19.4. The van der Waals surface area contributed by atoms with Gasteiger partial charge in [-0.15, -0.1) is 0 Å².